The van der Waals surface area contributed by atoms with Gasteiger partial charge in [0.1, 0.15) is 0 Å². The molecular weight excluding hydrogens is 190 g/mol. The van der Waals surface area contributed by atoms with Gasteiger partial charge in [-0.1, -0.05) is 11.6 Å². The van der Waals surface area contributed by atoms with Crippen LogP contribution < -0.4 is 16.8 Å². The summed E-state index contributed by atoms with van der Waals surface area (Å²) in [4.78, 5) is 0. The molecule has 0 atom stereocenters. The molecule has 0 aliphatic rings. The largest absolute Gasteiger partial charge is 0.397 e. The van der Waals surface area contributed by atoms with Crippen molar-refractivity contribution in [3.05, 3.63) is 17.2 Å². The molecule has 0 aliphatic carbocycles. The zero-order valence-electron chi connectivity index (χ0n) is 7.05. The number of hydrogen-bond donors (Lipinski definition) is 4. The second-order valence-electron chi connectivity index (χ2n) is 2.61. The Hall–Kier alpha value is -1.13. The summed E-state index contributed by atoms with van der Waals surface area (Å²) in [6, 6.07) is 3.22. The van der Waals surface area contributed by atoms with Crippen LogP contribution in [0.2, 0.25) is 5.02 Å². The Morgan fingerprint density at radius 3 is 2.31 bits per heavy atom. The van der Waals surface area contributed by atoms with E-state index in [0.29, 0.717) is 28.6 Å². The van der Waals surface area contributed by atoms with Gasteiger partial charge >= 0.3 is 0 Å². The van der Waals surface area contributed by atoms with Crippen LogP contribution in [0, 0.1) is 0 Å². The maximum Gasteiger partial charge on any atom is 0.0809 e. The third-order valence-corrected chi connectivity index (χ3v) is 1.80. The smallest absolute Gasteiger partial charge is 0.0809 e. The Morgan fingerprint density at radius 2 is 1.85 bits per heavy atom. The molecule has 0 saturated carbocycles. The SMILES string of the molecule is Nc1cc(Cl)cc(N)c1NCCO. The van der Waals surface area contributed by atoms with Crippen molar-refractivity contribution in [3.8, 4) is 0 Å². The zero-order chi connectivity index (χ0) is 9.84. The van der Waals surface area contributed by atoms with Gasteiger partial charge in [-0.2, -0.15) is 0 Å². The molecule has 4 nitrogen and oxygen atoms in total. The molecule has 13 heavy (non-hydrogen) atoms. The van der Waals surface area contributed by atoms with Crippen LogP contribution in [0.5, 0.6) is 0 Å². The van der Waals surface area contributed by atoms with Gasteiger partial charge < -0.3 is 21.9 Å². The second kappa shape index (κ2) is 4.20. The lowest BCUT2D eigenvalue weighted by atomic mass is 10.2. The fourth-order valence-electron chi connectivity index (χ4n) is 1.03. The van der Waals surface area contributed by atoms with Gasteiger partial charge in [-0.15, -0.1) is 0 Å². The van der Waals surface area contributed by atoms with E-state index in [-0.39, 0.29) is 6.61 Å². The summed E-state index contributed by atoms with van der Waals surface area (Å²) in [6.07, 6.45) is 0. The van der Waals surface area contributed by atoms with Gasteiger partial charge in [-0.3, -0.25) is 0 Å². The summed E-state index contributed by atoms with van der Waals surface area (Å²) in [7, 11) is 0. The van der Waals surface area contributed by atoms with Crippen molar-refractivity contribution < 1.29 is 5.11 Å². The summed E-state index contributed by atoms with van der Waals surface area (Å²) < 4.78 is 0. The molecule has 0 fully saturated rings. The summed E-state index contributed by atoms with van der Waals surface area (Å²) >= 11 is 5.72. The highest BCUT2D eigenvalue weighted by Gasteiger charge is 2.04. The Kier molecular flexibility index (Phi) is 3.22. The molecule has 0 amide bonds. The topological polar surface area (TPSA) is 84.3 Å². The molecule has 0 bridgehead atoms. The highest BCUT2D eigenvalue weighted by molar-refractivity contribution is 6.31. The van der Waals surface area contributed by atoms with Crippen LogP contribution >= 0.6 is 11.6 Å². The number of rotatable bonds is 3. The molecule has 1 aromatic rings. The van der Waals surface area contributed by atoms with Crippen molar-refractivity contribution in [2.75, 3.05) is 29.9 Å². The first-order valence-electron chi connectivity index (χ1n) is 3.84. The van der Waals surface area contributed by atoms with Crippen molar-refractivity contribution in [2.24, 2.45) is 0 Å². The predicted molar refractivity (Wildman–Crippen MR) is 55.9 cm³/mol. The van der Waals surface area contributed by atoms with Gasteiger partial charge in [0.25, 0.3) is 0 Å². The standard InChI is InChI=1S/C8H12ClN3O/c9-5-3-6(10)8(7(11)4-5)12-1-2-13/h3-4,12-13H,1-2,10-11H2. The summed E-state index contributed by atoms with van der Waals surface area (Å²) in [5.74, 6) is 0. The van der Waals surface area contributed by atoms with E-state index >= 15 is 0 Å². The average molecular weight is 202 g/mol. The molecule has 0 unspecified atom stereocenters. The Morgan fingerprint density at radius 1 is 1.31 bits per heavy atom. The number of nitrogens with one attached hydrogen (secondary N) is 1. The van der Waals surface area contributed by atoms with Crippen molar-refractivity contribution >= 4 is 28.7 Å². The average Bonchev–Trinajstić information content (AvgIpc) is 2.02. The van der Waals surface area contributed by atoms with Gasteiger partial charge in [0, 0.05) is 11.6 Å². The van der Waals surface area contributed by atoms with Crippen LogP contribution in [-0.2, 0) is 0 Å². The number of nitrogen functional groups attached to an aromatic ring is 2. The molecular formula is C8H12ClN3O. The lowest BCUT2D eigenvalue weighted by Gasteiger charge is -2.11. The quantitative estimate of drug-likeness (QED) is 0.548. The summed E-state index contributed by atoms with van der Waals surface area (Å²) in [6.45, 7) is 0.442. The molecule has 0 aliphatic heterocycles. The molecule has 1 rings (SSSR count). The van der Waals surface area contributed by atoms with Gasteiger partial charge in [0.15, 0.2) is 0 Å². The lowest BCUT2D eigenvalue weighted by Crippen LogP contribution is -2.09. The number of benzene rings is 1. The minimum Gasteiger partial charge on any atom is -0.397 e. The second-order valence-corrected chi connectivity index (χ2v) is 3.05. The highest BCUT2D eigenvalue weighted by Crippen LogP contribution is 2.29. The van der Waals surface area contributed by atoms with Crippen LogP contribution in [0.4, 0.5) is 17.1 Å². The first-order chi connectivity index (χ1) is 6.15. The Balaban J connectivity index is 2.92. The molecule has 0 heterocycles. The van der Waals surface area contributed by atoms with Crippen LogP contribution in [0.3, 0.4) is 0 Å². The first-order valence-corrected chi connectivity index (χ1v) is 4.22. The van der Waals surface area contributed by atoms with Crippen molar-refractivity contribution in [2.45, 2.75) is 0 Å². The zero-order valence-corrected chi connectivity index (χ0v) is 7.80. The van der Waals surface area contributed by atoms with E-state index in [2.05, 4.69) is 5.32 Å². The predicted octanol–water partition coefficient (Wildman–Crippen LogP) is 0.909. The van der Waals surface area contributed by atoms with E-state index in [1.165, 1.54) is 0 Å². The van der Waals surface area contributed by atoms with E-state index in [1.807, 2.05) is 0 Å². The molecule has 0 saturated heterocycles. The van der Waals surface area contributed by atoms with E-state index in [4.69, 9.17) is 28.2 Å². The maximum atomic E-state index is 8.59. The molecule has 0 radical (unpaired) electrons. The van der Waals surface area contributed by atoms with E-state index in [0.717, 1.165) is 0 Å². The van der Waals surface area contributed by atoms with Crippen LogP contribution in [-0.4, -0.2) is 18.3 Å². The molecule has 72 valence electrons. The molecule has 0 spiro atoms. The first kappa shape index (κ1) is 9.95. The number of halogens is 1. The normalized spacial score (nSPS) is 10.0. The Bertz CT molecular complexity index is 280. The van der Waals surface area contributed by atoms with Crippen molar-refractivity contribution in [3.63, 3.8) is 0 Å². The Labute approximate surface area is 81.5 Å². The third-order valence-electron chi connectivity index (χ3n) is 1.58. The van der Waals surface area contributed by atoms with Gasteiger partial charge in [0.05, 0.1) is 23.7 Å². The maximum absolute atomic E-state index is 8.59. The monoisotopic (exact) mass is 201 g/mol. The minimum atomic E-state index is 0.0293. The lowest BCUT2D eigenvalue weighted by molar-refractivity contribution is 0.311. The van der Waals surface area contributed by atoms with E-state index in [9.17, 15) is 0 Å². The number of aliphatic hydroxyl groups is 1. The highest BCUT2D eigenvalue weighted by atomic mass is 35.5. The van der Waals surface area contributed by atoms with E-state index < -0.39 is 0 Å². The summed E-state index contributed by atoms with van der Waals surface area (Å²) in [5, 5.41) is 12.0. The van der Waals surface area contributed by atoms with Crippen molar-refractivity contribution in [1.29, 1.82) is 0 Å². The third kappa shape index (κ3) is 2.40. The molecule has 1 aromatic carbocycles. The molecule has 6 N–H and O–H groups in total. The summed E-state index contributed by atoms with van der Waals surface area (Å²) in [5.41, 5.74) is 12.9. The van der Waals surface area contributed by atoms with Crippen LogP contribution in [0.25, 0.3) is 0 Å². The van der Waals surface area contributed by atoms with E-state index in [1.54, 1.807) is 12.1 Å². The van der Waals surface area contributed by atoms with Crippen LogP contribution in [0.15, 0.2) is 12.1 Å². The number of hydrogen-bond acceptors (Lipinski definition) is 4. The minimum absolute atomic E-state index is 0.0293. The number of aliphatic hydroxyl groups excluding tert-OH is 1. The fourth-order valence-corrected chi connectivity index (χ4v) is 1.27. The molecule has 5 heteroatoms. The van der Waals surface area contributed by atoms with Crippen molar-refractivity contribution in [1.82, 2.24) is 0 Å². The van der Waals surface area contributed by atoms with Gasteiger partial charge in [-0.25, -0.2) is 0 Å². The van der Waals surface area contributed by atoms with Gasteiger partial charge in [-0.05, 0) is 12.1 Å². The number of nitrogens with two attached hydrogens (primary N) is 2. The number of anilines is 3. The molecule has 0 aromatic heterocycles. The van der Waals surface area contributed by atoms with Crippen LogP contribution in [0.1, 0.15) is 0 Å². The van der Waals surface area contributed by atoms with Gasteiger partial charge in [0.2, 0.25) is 0 Å². The fraction of sp³-hybridized carbons (Fsp3) is 0.250.